The van der Waals surface area contributed by atoms with Gasteiger partial charge in [-0.15, -0.1) is 11.3 Å². The molecule has 1 heterocycles. The van der Waals surface area contributed by atoms with Crippen LogP contribution >= 0.6 is 34.5 Å². The summed E-state index contributed by atoms with van der Waals surface area (Å²) in [6, 6.07) is 2.82. The van der Waals surface area contributed by atoms with Gasteiger partial charge in [0.1, 0.15) is 4.90 Å². The van der Waals surface area contributed by atoms with Crippen LogP contribution in [0.2, 0.25) is 10.0 Å². The molecule has 0 amide bonds. The molecule has 1 aromatic carbocycles. The van der Waals surface area contributed by atoms with Crippen molar-refractivity contribution in [2.75, 3.05) is 4.72 Å². The number of aliphatic carboxylic acids is 1. The number of hydrogen-bond donors (Lipinski definition) is 2. The topological polar surface area (TPSA) is 96.4 Å². The van der Waals surface area contributed by atoms with Gasteiger partial charge in [-0.1, -0.05) is 23.2 Å². The summed E-state index contributed by atoms with van der Waals surface area (Å²) < 4.78 is 27.1. The predicted molar refractivity (Wildman–Crippen MR) is 85.5 cm³/mol. The molecule has 2 aromatic rings. The maximum absolute atomic E-state index is 12.4. The van der Waals surface area contributed by atoms with Crippen LogP contribution in [-0.2, 0) is 21.2 Å². The quantitative estimate of drug-likeness (QED) is 0.829. The van der Waals surface area contributed by atoms with E-state index in [1.54, 1.807) is 6.92 Å². The summed E-state index contributed by atoms with van der Waals surface area (Å²) in [5.41, 5.74) is 0.668. The number of hydrogen-bond acceptors (Lipinski definition) is 5. The minimum atomic E-state index is -3.95. The van der Waals surface area contributed by atoms with Crippen molar-refractivity contribution in [2.45, 2.75) is 18.2 Å². The van der Waals surface area contributed by atoms with Crippen LogP contribution < -0.4 is 4.72 Å². The van der Waals surface area contributed by atoms with Crippen molar-refractivity contribution in [1.29, 1.82) is 0 Å². The van der Waals surface area contributed by atoms with Gasteiger partial charge < -0.3 is 5.11 Å². The molecule has 0 aliphatic carbocycles. The Morgan fingerprint density at radius 1 is 1.41 bits per heavy atom. The van der Waals surface area contributed by atoms with Crippen LogP contribution in [0.1, 0.15) is 11.3 Å². The van der Waals surface area contributed by atoms with Crippen molar-refractivity contribution in [3.05, 3.63) is 38.8 Å². The predicted octanol–water partition coefficient (Wildman–Crippen LogP) is 3.19. The first-order chi connectivity index (χ1) is 10.2. The summed E-state index contributed by atoms with van der Waals surface area (Å²) in [4.78, 5) is 14.4. The van der Waals surface area contributed by atoms with Crippen molar-refractivity contribution < 1.29 is 18.3 Å². The molecule has 0 bridgehead atoms. The molecule has 0 aliphatic rings. The smallest absolute Gasteiger partial charge is 0.309 e. The number of aryl methyl sites for hydroxylation is 1. The van der Waals surface area contributed by atoms with Gasteiger partial charge in [-0.25, -0.2) is 13.4 Å². The average molecular weight is 381 g/mol. The van der Waals surface area contributed by atoms with Crippen LogP contribution in [0.3, 0.4) is 0 Å². The number of benzene rings is 1. The van der Waals surface area contributed by atoms with Crippen LogP contribution in [0, 0.1) is 6.92 Å². The fraction of sp³-hybridized carbons (Fsp3) is 0.167. The van der Waals surface area contributed by atoms with Crippen molar-refractivity contribution in [1.82, 2.24) is 4.98 Å². The summed E-state index contributed by atoms with van der Waals surface area (Å²) in [6.07, 6.45) is -0.279. The van der Waals surface area contributed by atoms with E-state index < -0.39 is 16.0 Å². The highest BCUT2D eigenvalue weighted by Crippen LogP contribution is 2.30. The minimum absolute atomic E-state index is 0.000171. The summed E-state index contributed by atoms with van der Waals surface area (Å²) >= 11 is 12.8. The summed E-state index contributed by atoms with van der Waals surface area (Å²) in [5, 5.41) is 10.6. The Kier molecular flexibility index (Phi) is 4.96. The fourth-order valence-electron chi connectivity index (χ4n) is 1.79. The molecule has 6 nitrogen and oxygen atoms in total. The second-order valence-corrected chi connectivity index (χ2v) is 7.67. The highest BCUT2D eigenvalue weighted by atomic mass is 35.5. The Bertz CT molecular complexity index is 810. The van der Waals surface area contributed by atoms with Gasteiger partial charge in [0.25, 0.3) is 10.0 Å². The molecule has 0 atom stereocenters. The number of carbonyl (C=O) groups is 1. The third kappa shape index (κ3) is 3.89. The van der Waals surface area contributed by atoms with Crippen molar-refractivity contribution >= 4 is 55.7 Å². The van der Waals surface area contributed by atoms with Crippen LogP contribution in [0.4, 0.5) is 5.13 Å². The lowest BCUT2D eigenvalue weighted by Gasteiger charge is -2.10. The maximum atomic E-state index is 12.4. The maximum Gasteiger partial charge on any atom is 0.309 e. The van der Waals surface area contributed by atoms with Crippen LogP contribution in [0.25, 0.3) is 0 Å². The minimum Gasteiger partial charge on any atom is -0.481 e. The van der Waals surface area contributed by atoms with E-state index in [1.807, 2.05) is 0 Å². The molecule has 0 aliphatic heterocycles. The zero-order chi connectivity index (χ0) is 16.5. The number of aromatic nitrogens is 1. The number of carboxylic acids is 1. The van der Waals surface area contributed by atoms with E-state index in [4.69, 9.17) is 28.3 Å². The van der Waals surface area contributed by atoms with Gasteiger partial charge in [0, 0.05) is 10.4 Å². The number of anilines is 1. The largest absolute Gasteiger partial charge is 0.481 e. The molecule has 0 fully saturated rings. The molecular formula is C12H10Cl2N2O4S2. The highest BCUT2D eigenvalue weighted by molar-refractivity contribution is 7.93. The Labute approximate surface area is 140 Å². The summed E-state index contributed by atoms with van der Waals surface area (Å²) in [7, 11) is -3.95. The van der Waals surface area contributed by atoms with Crippen molar-refractivity contribution in [3.63, 3.8) is 0 Å². The van der Waals surface area contributed by atoms with E-state index in [1.165, 1.54) is 17.5 Å². The first-order valence-corrected chi connectivity index (χ1v) is 8.95. The van der Waals surface area contributed by atoms with Gasteiger partial charge in [0.05, 0.1) is 17.1 Å². The van der Waals surface area contributed by atoms with E-state index in [0.717, 1.165) is 11.3 Å². The van der Waals surface area contributed by atoms with Crippen molar-refractivity contribution in [3.8, 4) is 0 Å². The third-order valence-electron chi connectivity index (χ3n) is 2.57. The molecule has 1 aromatic heterocycles. The van der Waals surface area contributed by atoms with E-state index in [9.17, 15) is 13.2 Å². The monoisotopic (exact) mass is 380 g/mol. The normalized spacial score (nSPS) is 11.4. The van der Waals surface area contributed by atoms with E-state index >= 15 is 0 Å². The molecule has 2 rings (SSSR count). The number of sulfonamides is 1. The Hall–Kier alpha value is -1.35. The van der Waals surface area contributed by atoms with Gasteiger partial charge in [-0.05, 0) is 24.6 Å². The van der Waals surface area contributed by atoms with Gasteiger partial charge in [0.15, 0.2) is 5.13 Å². The van der Waals surface area contributed by atoms with Crippen LogP contribution in [-0.4, -0.2) is 24.5 Å². The number of thiazole rings is 1. The third-order valence-corrected chi connectivity index (χ3v) is 5.67. The SMILES string of the molecule is Cc1cc(Cl)cc(Cl)c1S(=O)(=O)Nc1nc(CC(=O)O)cs1. The summed E-state index contributed by atoms with van der Waals surface area (Å²) in [5.74, 6) is -1.05. The first-order valence-electron chi connectivity index (χ1n) is 5.83. The first kappa shape index (κ1) is 17.0. The second-order valence-electron chi connectivity index (χ2n) is 4.35. The zero-order valence-electron chi connectivity index (χ0n) is 11.1. The number of rotatable bonds is 5. The van der Waals surface area contributed by atoms with Gasteiger partial charge in [0.2, 0.25) is 0 Å². The van der Waals surface area contributed by atoms with E-state index in [0.29, 0.717) is 10.6 Å². The van der Waals surface area contributed by atoms with Gasteiger partial charge in [-0.3, -0.25) is 9.52 Å². The Balaban J connectivity index is 2.32. The molecule has 0 unspecified atom stereocenters. The molecule has 2 N–H and O–H groups in total. The molecule has 0 saturated carbocycles. The molecule has 0 radical (unpaired) electrons. The number of nitrogens with one attached hydrogen (secondary N) is 1. The molecule has 118 valence electrons. The molecule has 10 heteroatoms. The van der Waals surface area contributed by atoms with Crippen LogP contribution in [0.15, 0.2) is 22.4 Å². The van der Waals surface area contributed by atoms with E-state index in [2.05, 4.69) is 9.71 Å². The van der Waals surface area contributed by atoms with Gasteiger partial charge >= 0.3 is 5.97 Å². The van der Waals surface area contributed by atoms with Gasteiger partial charge in [-0.2, -0.15) is 0 Å². The molecule has 0 saturated heterocycles. The second kappa shape index (κ2) is 6.41. The average Bonchev–Trinajstić information content (AvgIpc) is 2.72. The lowest BCUT2D eigenvalue weighted by molar-refractivity contribution is -0.136. The zero-order valence-corrected chi connectivity index (χ0v) is 14.3. The Morgan fingerprint density at radius 3 is 2.68 bits per heavy atom. The molecular weight excluding hydrogens is 371 g/mol. The summed E-state index contributed by atoms with van der Waals surface area (Å²) in [6.45, 7) is 1.57. The van der Waals surface area contributed by atoms with Crippen molar-refractivity contribution in [2.24, 2.45) is 0 Å². The van der Waals surface area contributed by atoms with Crippen LogP contribution in [0.5, 0.6) is 0 Å². The lowest BCUT2D eigenvalue weighted by Crippen LogP contribution is -2.15. The number of carboxylic acid groups (broad SMARTS) is 1. The molecule has 22 heavy (non-hydrogen) atoms. The Morgan fingerprint density at radius 2 is 2.09 bits per heavy atom. The standard InChI is InChI=1S/C12H10Cl2N2O4S2/c1-6-2-7(13)3-9(14)11(6)22(19,20)16-12-15-8(5-21-12)4-10(17)18/h2-3,5H,4H2,1H3,(H,15,16)(H,17,18). The fourth-order valence-corrected chi connectivity index (χ4v) is 4.94. The van der Waals surface area contributed by atoms with E-state index in [-0.39, 0.29) is 27.2 Å². The molecule has 0 spiro atoms. The highest BCUT2D eigenvalue weighted by Gasteiger charge is 2.22. The number of nitrogens with zero attached hydrogens (tertiary/aromatic N) is 1. The number of halogens is 2. The lowest BCUT2D eigenvalue weighted by atomic mass is 10.2.